The third kappa shape index (κ3) is 1.61. The van der Waals surface area contributed by atoms with Gasteiger partial charge in [0.2, 0.25) is 5.65 Å². The predicted octanol–water partition coefficient (Wildman–Crippen LogP) is 1.28. The van der Waals surface area contributed by atoms with Gasteiger partial charge in [-0.2, -0.15) is 4.98 Å². The Morgan fingerprint density at radius 1 is 1.59 bits per heavy atom. The van der Waals surface area contributed by atoms with Crippen LogP contribution in [0.5, 0.6) is 0 Å². The molecule has 0 aromatic carbocycles. The minimum atomic E-state index is -0.835. The summed E-state index contributed by atoms with van der Waals surface area (Å²) in [6.45, 7) is 0.657. The molecule has 0 radical (unpaired) electrons. The van der Waals surface area contributed by atoms with Crippen LogP contribution in [-0.2, 0) is 4.79 Å². The van der Waals surface area contributed by atoms with Crippen LogP contribution in [0.15, 0.2) is 22.7 Å². The average molecular weight is 233 g/mol. The molecule has 1 fully saturated rings. The van der Waals surface area contributed by atoms with E-state index in [0.29, 0.717) is 30.2 Å². The number of oxazole rings is 1. The third-order valence-electron chi connectivity index (χ3n) is 2.94. The minimum Gasteiger partial charge on any atom is -0.480 e. The van der Waals surface area contributed by atoms with E-state index < -0.39 is 12.0 Å². The van der Waals surface area contributed by atoms with Crippen molar-refractivity contribution in [2.75, 3.05) is 11.4 Å². The standard InChI is InChI=1S/C11H11N3O3/c15-10(16)7-3-2-6-14(7)11-13-9-8(17-11)4-1-5-12-9/h1,4-5,7H,2-3,6H2,(H,15,16)/t7-/m0/s1. The molecule has 1 N–H and O–H groups in total. The summed E-state index contributed by atoms with van der Waals surface area (Å²) >= 11 is 0. The Balaban J connectivity index is 2.00. The molecular formula is C11H11N3O3. The lowest BCUT2D eigenvalue weighted by molar-refractivity contribution is -0.138. The van der Waals surface area contributed by atoms with E-state index in [1.54, 1.807) is 23.2 Å². The first-order valence-electron chi connectivity index (χ1n) is 5.47. The van der Waals surface area contributed by atoms with Gasteiger partial charge in [0.05, 0.1) is 0 Å². The molecule has 0 saturated carbocycles. The van der Waals surface area contributed by atoms with Crippen molar-refractivity contribution >= 4 is 23.2 Å². The number of anilines is 1. The Bertz CT molecular complexity index is 533. The molecule has 1 aliphatic rings. The molecule has 0 aliphatic carbocycles. The molecule has 2 aromatic rings. The van der Waals surface area contributed by atoms with E-state index in [1.165, 1.54) is 0 Å². The lowest BCUT2D eigenvalue weighted by Gasteiger charge is -2.18. The smallest absolute Gasteiger partial charge is 0.326 e. The van der Waals surface area contributed by atoms with Crippen LogP contribution in [0.3, 0.4) is 0 Å². The molecule has 0 bridgehead atoms. The van der Waals surface area contributed by atoms with E-state index in [4.69, 9.17) is 9.52 Å². The van der Waals surface area contributed by atoms with E-state index in [2.05, 4.69) is 9.97 Å². The van der Waals surface area contributed by atoms with Crippen LogP contribution >= 0.6 is 0 Å². The van der Waals surface area contributed by atoms with E-state index in [9.17, 15) is 4.79 Å². The molecule has 3 heterocycles. The summed E-state index contributed by atoms with van der Waals surface area (Å²) in [5.74, 6) is -0.835. The number of carboxylic acid groups (broad SMARTS) is 1. The zero-order chi connectivity index (χ0) is 11.8. The molecule has 0 spiro atoms. The maximum atomic E-state index is 11.1. The van der Waals surface area contributed by atoms with Crippen LogP contribution in [0.4, 0.5) is 6.01 Å². The first-order valence-corrected chi connectivity index (χ1v) is 5.47. The molecule has 2 aromatic heterocycles. The van der Waals surface area contributed by atoms with Gasteiger partial charge in [-0.15, -0.1) is 0 Å². The number of carboxylic acids is 1. The molecule has 1 aliphatic heterocycles. The maximum Gasteiger partial charge on any atom is 0.326 e. The molecule has 0 unspecified atom stereocenters. The summed E-state index contributed by atoms with van der Waals surface area (Å²) in [7, 11) is 0. The zero-order valence-electron chi connectivity index (χ0n) is 9.04. The predicted molar refractivity (Wildman–Crippen MR) is 59.8 cm³/mol. The van der Waals surface area contributed by atoms with Gasteiger partial charge in [-0.05, 0) is 25.0 Å². The van der Waals surface area contributed by atoms with Crippen molar-refractivity contribution in [3.8, 4) is 0 Å². The van der Waals surface area contributed by atoms with Crippen LogP contribution in [0.1, 0.15) is 12.8 Å². The van der Waals surface area contributed by atoms with Gasteiger partial charge in [-0.25, -0.2) is 9.78 Å². The van der Waals surface area contributed by atoms with Crippen molar-refractivity contribution in [1.29, 1.82) is 0 Å². The summed E-state index contributed by atoms with van der Waals surface area (Å²) in [6.07, 6.45) is 3.10. The van der Waals surface area contributed by atoms with Crippen molar-refractivity contribution in [3.05, 3.63) is 18.3 Å². The Kier molecular flexibility index (Phi) is 2.21. The second kappa shape index (κ2) is 3.73. The van der Waals surface area contributed by atoms with E-state index in [-0.39, 0.29) is 0 Å². The molecular weight excluding hydrogens is 222 g/mol. The number of aliphatic carboxylic acids is 1. The van der Waals surface area contributed by atoms with Crippen molar-refractivity contribution in [2.24, 2.45) is 0 Å². The molecule has 6 heteroatoms. The van der Waals surface area contributed by atoms with Crippen LogP contribution in [0, 0.1) is 0 Å². The highest BCUT2D eigenvalue weighted by molar-refractivity contribution is 5.79. The fourth-order valence-electron chi connectivity index (χ4n) is 2.13. The van der Waals surface area contributed by atoms with Crippen molar-refractivity contribution < 1.29 is 14.3 Å². The van der Waals surface area contributed by atoms with Gasteiger partial charge in [-0.1, -0.05) is 0 Å². The number of fused-ring (bicyclic) bond motifs is 1. The second-order valence-corrected chi connectivity index (χ2v) is 4.01. The number of carbonyl (C=O) groups is 1. The zero-order valence-corrected chi connectivity index (χ0v) is 9.04. The number of hydrogen-bond donors (Lipinski definition) is 1. The van der Waals surface area contributed by atoms with Crippen LogP contribution in [-0.4, -0.2) is 33.6 Å². The first-order chi connectivity index (χ1) is 8.25. The average Bonchev–Trinajstić information content (AvgIpc) is 2.95. The highest BCUT2D eigenvalue weighted by atomic mass is 16.4. The van der Waals surface area contributed by atoms with Crippen LogP contribution < -0.4 is 4.90 Å². The number of aromatic nitrogens is 2. The molecule has 17 heavy (non-hydrogen) atoms. The van der Waals surface area contributed by atoms with Crippen molar-refractivity contribution in [3.63, 3.8) is 0 Å². The third-order valence-corrected chi connectivity index (χ3v) is 2.94. The number of nitrogens with zero attached hydrogens (tertiary/aromatic N) is 3. The normalized spacial score (nSPS) is 20.0. The van der Waals surface area contributed by atoms with Crippen molar-refractivity contribution in [2.45, 2.75) is 18.9 Å². The summed E-state index contributed by atoms with van der Waals surface area (Å²) in [4.78, 5) is 21.0. The molecule has 3 rings (SSSR count). The quantitative estimate of drug-likeness (QED) is 0.841. The van der Waals surface area contributed by atoms with E-state index >= 15 is 0 Å². The summed E-state index contributed by atoms with van der Waals surface area (Å²) in [5.41, 5.74) is 1.09. The minimum absolute atomic E-state index is 0.351. The summed E-state index contributed by atoms with van der Waals surface area (Å²) < 4.78 is 5.52. The fourth-order valence-corrected chi connectivity index (χ4v) is 2.13. The van der Waals surface area contributed by atoms with Gasteiger partial charge in [0.1, 0.15) is 6.04 Å². The monoisotopic (exact) mass is 233 g/mol. The van der Waals surface area contributed by atoms with Gasteiger partial charge in [0.15, 0.2) is 5.58 Å². The maximum absolute atomic E-state index is 11.1. The topological polar surface area (TPSA) is 79.5 Å². The summed E-state index contributed by atoms with van der Waals surface area (Å²) in [6, 6.07) is 3.34. The Morgan fingerprint density at radius 3 is 3.24 bits per heavy atom. The highest BCUT2D eigenvalue weighted by Gasteiger charge is 2.33. The number of pyridine rings is 1. The molecule has 88 valence electrons. The second-order valence-electron chi connectivity index (χ2n) is 4.01. The summed E-state index contributed by atoms with van der Waals surface area (Å²) in [5, 5.41) is 9.09. The first kappa shape index (κ1) is 10.1. The molecule has 0 amide bonds. The van der Waals surface area contributed by atoms with Gasteiger partial charge in [0.25, 0.3) is 0 Å². The molecule has 1 saturated heterocycles. The van der Waals surface area contributed by atoms with Crippen LogP contribution in [0.2, 0.25) is 0 Å². The Morgan fingerprint density at radius 2 is 2.47 bits per heavy atom. The van der Waals surface area contributed by atoms with E-state index in [0.717, 1.165) is 6.42 Å². The number of hydrogen-bond acceptors (Lipinski definition) is 5. The van der Waals surface area contributed by atoms with Gasteiger partial charge < -0.3 is 14.4 Å². The SMILES string of the molecule is O=C(O)[C@@H]1CCCN1c1nc2ncccc2o1. The fraction of sp³-hybridized carbons (Fsp3) is 0.364. The lowest BCUT2D eigenvalue weighted by Crippen LogP contribution is -2.36. The number of rotatable bonds is 2. The van der Waals surface area contributed by atoms with Gasteiger partial charge in [-0.3, -0.25) is 0 Å². The van der Waals surface area contributed by atoms with Gasteiger partial charge >= 0.3 is 12.0 Å². The lowest BCUT2D eigenvalue weighted by atomic mass is 10.2. The van der Waals surface area contributed by atoms with E-state index in [1.807, 2.05) is 0 Å². The van der Waals surface area contributed by atoms with Crippen molar-refractivity contribution in [1.82, 2.24) is 9.97 Å². The molecule has 1 atom stereocenters. The molecule has 6 nitrogen and oxygen atoms in total. The van der Waals surface area contributed by atoms with Gasteiger partial charge in [0, 0.05) is 12.7 Å². The van der Waals surface area contributed by atoms with Crippen LogP contribution in [0.25, 0.3) is 11.2 Å². The Hall–Kier alpha value is -2.11. The Labute approximate surface area is 96.9 Å². The highest BCUT2D eigenvalue weighted by Crippen LogP contribution is 2.27. The largest absolute Gasteiger partial charge is 0.480 e.